The minimum absolute atomic E-state index is 0.0137. The van der Waals surface area contributed by atoms with Gasteiger partial charge in [-0.3, -0.25) is 9.59 Å². The molecule has 2 aliphatic rings. The quantitative estimate of drug-likeness (QED) is 0.143. The third-order valence-electron chi connectivity index (χ3n) is 9.88. The van der Waals surface area contributed by atoms with E-state index in [9.17, 15) is 30.0 Å². The first-order chi connectivity index (χ1) is 20.3. The number of aliphatic hydroxyl groups excluding tert-OH is 2. The highest BCUT2D eigenvalue weighted by atomic mass is 16.7. The van der Waals surface area contributed by atoms with Crippen LogP contribution in [0.5, 0.6) is 0 Å². The van der Waals surface area contributed by atoms with Gasteiger partial charge >= 0.3 is 0 Å². The van der Waals surface area contributed by atoms with Gasteiger partial charge in [-0.1, -0.05) is 51.9 Å². The van der Waals surface area contributed by atoms with Gasteiger partial charge in [0, 0.05) is 30.2 Å². The van der Waals surface area contributed by atoms with Gasteiger partial charge < -0.3 is 39.6 Å². The molecule has 2 fully saturated rings. The number of hydrogen-bond acceptors (Lipinski definition) is 11. The van der Waals surface area contributed by atoms with Gasteiger partial charge in [0.05, 0.1) is 41.1 Å². The molecule has 0 aromatic carbocycles. The topological polar surface area (TPSA) is 158 Å². The number of Topliss-reactive ketones (excluding diaryl/α,β-unsaturated/α-hetero) is 2. The summed E-state index contributed by atoms with van der Waals surface area (Å²) in [5, 5.41) is 50.7. The second-order valence-electron chi connectivity index (χ2n) is 13.8. The summed E-state index contributed by atoms with van der Waals surface area (Å²) in [6.45, 7) is 17.2. The number of oxime groups is 1. The molecule has 44 heavy (non-hydrogen) atoms. The molecule has 254 valence electrons. The molecule has 1 saturated heterocycles. The predicted octanol–water partition coefficient (Wildman–Crippen LogP) is 2.72. The van der Waals surface area contributed by atoms with Gasteiger partial charge in [-0.2, -0.15) is 0 Å². The van der Waals surface area contributed by atoms with E-state index in [0.29, 0.717) is 18.6 Å². The van der Waals surface area contributed by atoms with E-state index in [2.05, 4.69) is 11.7 Å². The lowest BCUT2D eigenvalue weighted by Crippen LogP contribution is -2.59. The van der Waals surface area contributed by atoms with Crippen molar-refractivity contribution in [3.05, 3.63) is 12.7 Å². The van der Waals surface area contributed by atoms with Gasteiger partial charge in [0.2, 0.25) is 0 Å². The van der Waals surface area contributed by atoms with Gasteiger partial charge in [0.25, 0.3) is 0 Å². The van der Waals surface area contributed by atoms with Crippen LogP contribution in [0.2, 0.25) is 0 Å². The van der Waals surface area contributed by atoms with Crippen molar-refractivity contribution in [3.8, 4) is 0 Å². The minimum Gasteiger partial charge on any atom is -0.392 e. The molecule has 2 rings (SSSR count). The van der Waals surface area contributed by atoms with Crippen molar-refractivity contribution in [2.45, 2.75) is 129 Å². The Hall–Kier alpha value is -1.73. The predicted molar refractivity (Wildman–Crippen MR) is 168 cm³/mol. The van der Waals surface area contributed by atoms with E-state index in [1.165, 1.54) is 19.9 Å². The van der Waals surface area contributed by atoms with Crippen molar-refractivity contribution in [1.29, 1.82) is 0 Å². The SMILES string of the molecule is C=CCO/N=C1\[C@H](C)C[C@](C)(O)[C@H](O[C@@H]2O[C@H](C)C[C@H](N(C)C)[C@H]2O)[C@@H](C)C(=O)[C@@H](C)C(=O)C[C@@H](CC)[C@@](C)(O)[C@H](O)[C@@H]1C. The molecule has 1 saturated carbocycles. The first-order valence-electron chi connectivity index (χ1n) is 16.0. The largest absolute Gasteiger partial charge is 0.392 e. The van der Waals surface area contributed by atoms with Crippen LogP contribution in [0.3, 0.4) is 0 Å². The fourth-order valence-electron chi connectivity index (χ4n) is 7.02. The molecule has 4 N–H and O–H groups in total. The van der Waals surface area contributed by atoms with Crippen LogP contribution < -0.4 is 0 Å². The molecule has 0 bridgehead atoms. The molecule has 1 aliphatic heterocycles. The summed E-state index contributed by atoms with van der Waals surface area (Å²) in [5.74, 6) is -4.72. The molecule has 11 heteroatoms. The van der Waals surface area contributed by atoms with E-state index in [-0.39, 0.29) is 37.4 Å². The average molecular weight is 627 g/mol. The van der Waals surface area contributed by atoms with Crippen LogP contribution in [0.4, 0.5) is 0 Å². The summed E-state index contributed by atoms with van der Waals surface area (Å²) in [4.78, 5) is 34.7. The highest BCUT2D eigenvalue weighted by Gasteiger charge is 2.50. The maximum absolute atomic E-state index is 13.9. The van der Waals surface area contributed by atoms with E-state index in [0.717, 1.165) is 0 Å². The Labute approximate surface area is 263 Å². The van der Waals surface area contributed by atoms with Crippen LogP contribution in [0.15, 0.2) is 17.8 Å². The maximum atomic E-state index is 13.9. The summed E-state index contributed by atoms with van der Waals surface area (Å²) in [6.07, 6.45) is -2.60. The number of ketones is 2. The summed E-state index contributed by atoms with van der Waals surface area (Å²) in [7, 11) is 3.71. The summed E-state index contributed by atoms with van der Waals surface area (Å²) >= 11 is 0. The number of aliphatic hydroxyl groups is 4. The van der Waals surface area contributed by atoms with E-state index in [4.69, 9.17) is 14.3 Å². The molecule has 0 spiro atoms. The zero-order valence-electron chi connectivity index (χ0n) is 28.4. The lowest BCUT2D eigenvalue weighted by atomic mass is 9.70. The second-order valence-corrected chi connectivity index (χ2v) is 13.8. The Bertz CT molecular complexity index is 1010. The first-order valence-corrected chi connectivity index (χ1v) is 16.0. The second kappa shape index (κ2) is 15.7. The average Bonchev–Trinajstić information content (AvgIpc) is 2.94. The molecule has 1 aliphatic carbocycles. The van der Waals surface area contributed by atoms with E-state index < -0.39 is 71.2 Å². The molecule has 1 heterocycles. The number of carbonyl (C=O) groups is 2. The highest BCUT2D eigenvalue weighted by molar-refractivity contribution is 6.03. The highest BCUT2D eigenvalue weighted by Crippen LogP contribution is 2.38. The number of ether oxygens (including phenoxy) is 2. The van der Waals surface area contributed by atoms with Crippen molar-refractivity contribution < 1.29 is 44.3 Å². The van der Waals surface area contributed by atoms with E-state index in [1.54, 1.807) is 20.8 Å². The van der Waals surface area contributed by atoms with Gasteiger partial charge in [0.15, 0.2) is 6.29 Å². The Kier molecular flexibility index (Phi) is 13.7. The Morgan fingerprint density at radius 2 is 1.70 bits per heavy atom. The van der Waals surface area contributed by atoms with Gasteiger partial charge in [-0.15, -0.1) is 0 Å². The van der Waals surface area contributed by atoms with E-state index in [1.807, 2.05) is 39.8 Å². The number of nitrogens with zero attached hydrogens (tertiary/aromatic N) is 2. The number of rotatable bonds is 7. The Morgan fingerprint density at radius 3 is 2.25 bits per heavy atom. The lowest BCUT2D eigenvalue weighted by Gasteiger charge is -2.46. The molecule has 0 amide bonds. The summed E-state index contributed by atoms with van der Waals surface area (Å²) in [5.41, 5.74) is -3.00. The first kappa shape index (κ1) is 38.5. The van der Waals surface area contributed by atoms with Crippen molar-refractivity contribution in [3.63, 3.8) is 0 Å². The van der Waals surface area contributed by atoms with Gasteiger partial charge in [-0.05, 0) is 60.5 Å². The lowest BCUT2D eigenvalue weighted by molar-refractivity contribution is -0.292. The maximum Gasteiger partial charge on any atom is 0.185 e. The normalized spacial score (nSPS) is 44.4. The van der Waals surface area contributed by atoms with Crippen LogP contribution in [0.1, 0.15) is 81.1 Å². The molecular formula is C33H58N2O9. The zero-order chi connectivity index (χ0) is 33.7. The van der Waals surface area contributed by atoms with Crippen LogP contribution in [-0.4, -0.2) is 111 Å². The van der Waals surface area contributed by atoms with Gasteiger partial charge in [0.1, 0.15) is 24.3 Å². The fraction of sp³-hybridized carbons (Fsp3) is 0.848. The number of hydrogen-bond donors (Lipinski definition) is 4. The van der Waals surface area contributed by atoms with Crippen LogP contribution in [-0.2, 0) is 23.9 Å². The van der Waals surface area contributed by atoms with Crippen LogP contribution >= 0.6 is 0 Å². The number of likely N-dealkylation sites (N-methyl/N-ethyl adjacent to an activating group) is 1. The standard InChI is InChI=1S/C33H58N2O9/c1-12-14-42-34-26-18(3)17-32(8,40)30(44-31-28(38)24(35(10)11)15-19(4)43-31)22(7)27(37)20(5)25(36)16-23(13-2)33(9,41)29(39)21(26)6/h12,18-24,28-31,38-41H,1,13-17H2,2-11H3/b34-26+/t18-,19-,20+,21-,22+,23-,24+,28-,29-,30-,31+,32+,33-/m1/s1. The summed E-state index contributed by atoms with van der Waals surface area (Å²) in [6, 6.07) is -0.278. The number of carbonyl (C=O) groups excluding carboxylic acids is 2. The Balaban J connectivity index is 2.66. The van der Waals surface area contributed by atoms with Crippen LogP contribution in [0.25, 0.3) is 0 Å². The molecular weight excluding hydrogens is 568 g/mol. The molecule has 0 unspecified atom stereocenters. The third kappa shape index (κ3) is 8.74. The fourth-order valence-corrected chi connectivity index (χ4v) is 7.02. The third-order valence-corrected chi connectivity index (χ3v) is 9.88. The smallest absolute Gasteiger partial charge is 0.185 e. The van der Waals surface area contributed by atoms with Crippen molar-refractivity contribution >= 4 is 17.3 Å². The van der Waals surface area contributed by atoms with Crippen molar-refractivity contribution in [1.82, 2.24) is 4.90 Å². The van der Waals surface area contributed by atoms with Crippen LogP contribution in [0, 0.1) is 29.6 Å². The molecule has 13 atom stereocenters. The van der Waals surface area contributed by atoms with Crippen molar-refractivity contribution in [2.24, 2.45) is 34.7 Å². The molecule has 0 aromatic heterocycles. The molecule has 11 nitrogen and oxygen atoms in total. The van der Waals surface area contributed by atoms with E-state index >= 15 is 0 Å². The summed E-state index contributed by atoms with van der Waals surface area (Å²) < 4.78 is 12.4. The van der Waals surface area contributed by atoms with Gasteiger partial charge in [-0.25, -0.2) is 0 Å². The monoisotopic (exact) mass is 626 g/mol. The Morgan fingerprint density at radius 1 is 1.09 bits per heavy atom. The minimum atomic E-state index is -1.70. The van der Waals surface area contributed by atoms with Crippen molar-refractivity contribution in [2.75, 3.05) is 20.7 Å². The zero-order valence-corrected chi connectivity index (χ0v) is 28.4. The molecule has 0 aromatic rings. The molecule has 0 radical (unpaired) electrons.